The molecule has 0 aliphatic heterocycles. The lowest BCUT2D eigenvalue weighted by Gasteiger charge is -2.24. The van der Waals surface area contributed by atoms with Gasteiger partial charge in [-0.3, -0.25) is 4.79 Å². The van der Waals surface area contributed by atoms with Gasteiger partial charge in [-0.25, -0.2) is 0 Å². The molecular formula is C19H24O5Si. The number of Topliss-reactive ketones (excluding diaryl/α,β-unsaturated/α-hetero) is 1. The highest BCUT2D eigenvalue weighted by molar-refractivity contribution is 6.60. The van der Waals surface area contributed by atoms with E-state index in [0.717, 1.165) is 5.56 Å². The van der Waals surface area contributed by atoms with Gasteiger partial charge < -0.3 is 18.4 Å². The highest BCUT2D eigenvalue weighted by atomic mass is 28.4. The summed E-state index contributed by atoms with van der Waals surface area (Å²) in [7, 11) is 1.97. The van der Waals surface area contributed by atoms with Crippen molar-refractivity contribution in [1.29, 1.82) is 0 Å². The van der Waals surface area contributed by atoms with Crippen LogP contribution in [0.1, 0.15) is 27.6 Å². The van der Waals surface area contributed by atoms with Gasteiger partial charge in [0.25, 0.3) is 0 Å². The van der Waals surface area contributed by atoms with Crippen LogP contribution in [0.5, 0.6) is 0 Å². The number of carbonyl (C=O) groups is 1. The number of benzene rings is 2. The SMILES string of the molecule is CO[Si](CCc1ccccc1C(=O)C(O)c1ccccc1)(OC)OC. The third-order valence-corrected chi connectivity index (χ3v) is 7.01. The van der Waals surface area contributed by atoms with Gasteiger partial charge in [-0.1, -0.05) is 54.6 Å². The first kappa shape index (κ1) is 19.5. The second kappa shape index (κ2) is 9.03. The molecule has 1 atom stereocenters. The number of carbonyl (C=O) groups excluding carboxylic acids is 1. The van der Waals surface area contributed by atoms with Crippen molar-refractivity contribution in [2.45, 2.75) is 18.6 Å². The Kier molecular flexibility index (Phi) is 7.04. The van der Waals surface area contributed by atoms with E-state index in [1.165, 1.54) is 0 Å². The van der Waals surface area contributed by atoms with Crippen LogP contribution >= 0.6 is 0 Å². The average Bonchev–Trinajstić information content (AvgIpc) is 2.69. The van der Waals surface area contributed by atoms with Crippen molar-refractivity contribution in [3.05, 3.63) is 71.3 Å². The maximum atomic E-state index is 12.8. The van der Waals surface area contributed by atoms with Crippen LogP contribution in [-0.2, 0) is 19.7 Å². The van der Waals surface area contributed by atoms with Crippen molar-refractivity contribution in [1.82, 2.24) is 0 Å². The molecule has 1 N–H and O–H groups in total. The van der Waals surface area contributed by atoms with E-state index < -0.39 is 14.9 Å². The van der Waals surface area contributed by atoms with Crippen LogP contribution in [0.25, 0.3) is 0 Å². The van der Waals surface area contributed by atoms with Gasteiger partial charge in [0.05, 0.1) is 0 Å². The fourth-order valence-corrected chi connectivity index (χ4v) is 4.44. The Bertz CT molecular complexity index is 677. The first-order valence-corrected chi connectivity index (χ1v) is 10.0. The van der Waals surface area contributed by atoms with Crippen molar-refractivity contribution < 1.29 is 23.2 Å². The van der Waals surface area contributed by atoms with Gasteiger partial charge in [-0.15, -0.1) is 0 Å². The summed E-state index contributed by atoms with van der Waals surface area (Å²) in [6.45, 7) is 0. The molecule has 6 heteroatoms. The molecular weight excluding hydrogens is 336 g/mol. The molecule has 0 amide bonds. The second-order valence-corrected chi connectivity index (χ2v) is 8.72. The smallest absolute Gasteiger partial charge is 0.380 e. The Balaban J connectivity index is 2.21. The standard InChI is InChI=1S/C19H24O5Si/c1-22-25(23-2,24-3)14-13-15-9-7-8-12-17(15)19(21)18(20)16-10-5-4-6-11-16/h4-12,18,20H,13-14H2,1-3H3. The predicted octanol–water partition coefficient (Wildman–Crippen LogP) is 3.02. The molecule has 0 saturated heterocycles. The summed E-state index contributed by atoms with van der Waals surface area (Å²) < 4.78 is 16.3. The molecule has 0 fully saturated rings. The monoisotopic (exact) mass is 360 g/mol. The highest BCUT2D eigenvalue weighted by Gasteiger charge is 2.37. The van der Waals surface area contributed by atoms with Gasteiger partial charge in [0.1, 0.15) is 6.10 Å². The van der Waals surface area contributed by atoms with E-state index in [1.807, 2.05) is 18.2 Å². The normalized spacial score (nSPS) is 12.8. The number of hydrogen-bond donors (Lipinski definition) is 1. The largest absolute Gasteiger partial charge is 0.500 e. The molecule has 1 unspecified atom stereocenters. The number of aryl methyl sites for hydroxylation is 1. The molecule has 2 aromatic rings. The summed E-state index contributed by atoms with van der Waals surface area (Å²) in [4.78, 5) is 12.8. The van der Waals surface area contributed by atoms with E-state index >= 15 is 0 Å². The van der Waals surface area contributed by atoms with E-state index in [4.69, 9.17) is 13.3 Å². The van der Waals surface area contributed by atoms with Crippen LogP contribution in [0.15, 0.2) is 54.6 Å². The molecule has 0 spiro atoms. The zero-order valence-corrected chi connectivity index (χ0v) is 15.8. The van der Waals surface area contributed by atoms with Gasteiger partial charge >= 0.3 is 8.80 Å². The van der Waals surface area contributed by atoms with E-state index in [1.54, 1.807) is 57.7 Å². The van der Waals surface area contributed by atoms with Crippen molar-refractivity contribution in [2.75, 3.05) is 21.3 Å². The minimum absolute atomic E-state index is 0.318. The summed E-state index contributed by atoms with van der Waals surface area (Å²) in [6, 6.07) is 16.7. The zero-order chi connectivity index (χ0) is 18.3. The lowest BCUT2D eigenvalue weighted by molar-refractivity contribution is 0.0746. The number of aliphatic hydroxyl groups is 1. The Labute approximate surface area is 149 Å². The van der Waals surface area contributed by atoms with Crippen LogP contribution in [0.4, 0.5) is 0 Å². The first-order chi connectivity index (χ1) is 12.1. The molecule has 25 heavy (non-hydrogen) atoms. The van der Waals surface area contributed by atoms with Crippen molar-refractivity contribution in [2.24, 2.45) is 0 Å². The third kappa shape index (κ3) is 4.62. The van der Waals surface area contributed by atoms with Crippen LogP contribution in [0, 0.1) is 0 Å². The van der Waals surface area contributed by atoms with Crippen LogP contribution in [0.3, 0.4) is 0 Å². The number of hydrogen-bond acceptors (Lipinski definition) is 5. The summed E-state index contributed by atoms with van der Waals surface area (Å²) >= 11 is 0. The summed E-state index contributed by atoms with van der Waals surface area (Å²) in [5.41, 5.74) is 1.92. The highest BCUT2D eigenvalue weighted by Crippen LogP contribution is 2.24. The molecule has 0 radical (unpaired) electrons. The fraction of sp³-hybridized carbons (Fsp3) is 0.316. The van der Waals surface area contributed by atoms with E-state index in [2.05, 4.69) is 0 Å². The molecule has 2 rings (SSSR count). The lowest BCUT2D eigenvalue weighted by atomic mass is 9.95. The maximum Gasteiger partial charge on any atom is 0.500 e. The second-order valence-electron chi connectivity index (χ2n) is 5.63. The van der Waals surface area contributed by atoms with E-state index in [0.29, 0.717) is 23.6 Å². The summed E-state index contributed by atoms with van der Waals surface area (Å²) in [5, 5.41) is 10.4. The summed E-state index contributed by atoms with van der Waals surface area (Å²) in [5.74, 6) is -0.318. The van der Waals surface area contributed by atoms with Gasteiger partial charge in [0, 0.05) is 32.9 Å². The maximum absolute atomic E-state index is 12.8. The molecule has 134 valence electrons. The van der Waals surface area contributed by atoms with Gasteiger partial charge in [0.2, 0.25) is 0 Å². The summed E-state index contributed by atoms with van der Waals surface area (Å²) in [6.07, 6.45) is -0.623. The van der Waals surface area contributed by atoms with Crippen LogP contribution in [0.2, 0.25) is 6.04 Å². The van der Waals surface area contributed by atoms with Crippen molar-refractivity contribution >= 4 is 14.6 Å². The van der Waals surface area contributed by atoms with E-state index in [-0.39, 0.29) is 5.78 Å². The zero-order valence-electron chi connectivity index (χ0n) is 14.8. The Morgan fingerprint density at radius 3 is 2.12 bits per heavy atom. The Morgan fingerprint density at radius 2 is 1.52 bits per heavy atom. The van der Waals surface area contributed by atoms with Crippen LogP contribution in [-0.4, -0.2) is 41.0 Å². The number of aliphatic hydroxyl groups excluding tert-OH is 1. The van der Waals surface area contributed by atoms with E-state index in [9.17, 15) is 9.90 Å². The minimum Gasteiger partial charge on any atom is -0.380 e. The van der Waals surface area contributed by atoms with Gasteiger partial charge in [0.15, 0.2) is 5.78 Å². The molecule has 0 aromatic heterocycles. The van der Waals surface area contributed by atoms with Gasteiger partial charge in [-0.2, -0.15) is 0 Å². The van der Waals surface area contributed by atoms with Gasteiger partial charge in [-0.05, 0) is 17.5 Å². The number of ketones is 1. The Hall–Kier alpha value is -1.83. The average molecular weight is 360 g/mol. The molecule has 0 aliphatic rings. The molecule has 0 aliphatic carbocycles. The first-order valence-electron chi connectivity index (χ1n) is 8.07. The fourth-order valence-electron chi connectivity index (χ4n) is 2.76. The van der Waals surface area contributed by atoms with Crippen molar-refractivity contribution in [3.8, 4) is 0 Å². The molecule has 0 saturated carbocycles. The molecule has 0 heterocycles. The topological polar surface area (TPSA) is 65.0 Å². The predicted molar refractivity (Wildman–Crippen MR) is 97.5 cm³/mol. The molecule has 5 nitrogen and oxygen atoms in total. The van der Waals surface area contributed by atoms with Crippen LogP contribution < -0.4 is 0 Å². The molecule has 2 aromatic carbocycles. The quantitative estimate of drug-likeness (QED) is 0.550. The molecule has 0 bridgehead atoms. The number of rotatable bonds is 9. The Morgan fingerprint density at radius 1 is 0.960 bits per heavy atom. The lowest BCUT2D eigenvalue weighted by Crippen LogP contribution is -2.43. The third-order valence-electron chi connectivity index (χ3n) is 4.28. The minimum atomic E-state index is -2.72. The van der Waals surface area contributed by atoms with Crippen molar-refractivity contribution in [3.63, 3.8) is 0 Å².